The molecule has 1 aliphatic carbocycles. The van der Waals surface area contributed by atoms with Crippen molar-refractivity contribution >= 4 is 5.91 Å². The van der Waals surface area contributed by atoms with Gasteiger partial charge in [-0.15, -0.1) is 0 Å². The SMILES string of the molecule is COC[C@H]1CN(C(=O)c2ccc(C3(C#N)CC3)cc2)CC(C)(C)O1. The van der Waals surface area contributed by atoms with Crippen LogP contribution in [0.25, 0.3) is 0 Å². The van der Waals surface area contributed by atoms with Gasteiger partial charge in [0.2, 0.25) is 0 Å². The van der Waals surface area contributed by atoms with Crippen molar-refractivity contribution in [3.8, 4) is 6.07 Å². The molecule has 5 nitrogen and oxygen atoms in total. The first-order chi connectivity index (χ1) is 11.4. The molecule has 1 aromatic carbocycles. The third kappa shape index (κ3) is 3.31. The largest absolute Gasteiger partial charge is 0.382 e. The van der Waals surface area contributed by atoms with Crippen LogP contribution in [0.15, 0.2) is 24.3 Å². The Morgan fingerprint density at radius 1 is 1.38 bits per heavy atom. The van der Waals surface area contributed by atoms with Gasteiger partial charge in [-0.2, -0.15) is 5.26 Å². The van der Waals surface area contributed by atoms with Gasteiger partial charge in [-0.05, 0) is 44.4 Å². The van der Waals surface area contributed by atoms with Crippen LogP contribution in [0, 0.1) is 11.3 Å². The van der Waals surface area contributed by atoms with Crippen LogP contribution in [-0.2, 0) is 14.9 Å². The average molecular weight is 328 g/mol. The lowest BCUT2D eigenvalue weighted by molar-refractivity contribution is -0.143. The van der Waals surface area contributed by atoms with Gasteiger partial charge in [0, 0.05) is 25.8 Å². The van der Waals surface area contributed by atoms with Crippen molar-refractivity contribution < 1.29 is 14.3 Å². The summed E-state index contributed by atoms with van der Waals surface area (Å²) in [6, 6.07) is 9.89. The van der Waals surface area contributed by atoms with Crippen molar-refractivity contribution in [1.82, 2.24) is 4.90 Å². The molecular weight excluding hydrogens is 304 g/mol. The number of benzene rings is 1. The number of hydrogen-bond donors (Lipinski definition) is 0. The monoisotopic (exact) mass is 328 g/mol. The van der Waals surface area contributed by atoms with Crippen molar-refractivity contribution in [3.63, 3.8) is 0 Å². The maximum Gasteiger partial charge on any atom is 0.254 e. The minimum Gasteiger partial charge on any atom is -0.382 e. The number of morpholine rings is 1. The van der Waals surface area contributed by atoms with Crippen molar-refractivity contribution in [3.05, 3.63) is 35.4 Å². The quantitative estimate of drug-likeness (QED) is 0.852. The maximum atomic E-state index is 12.8. The van der Waals surface area contributed by atoms with Gasteiger partial charge in [-0.3, -0.25) is 4.79 Å². The molecule has 0 bridgehead atoms. The Bertz CT molecular complexity index is 656. The topological polar surface area (TPSA) is 62.6 Å². The zero-order valence-electron chi connectivity index (χ0n) is 14.5. The normalized spacial score (nSPS) is 24.2. The number of amides is 1. The number of carbonyl (C=O) groups excluding carboxylic acids is 1. The third-order valence-corrected chi connectivity index (χ3v) is 4.77. The second-order valence-corrected chi connectivity index (χ2v) is 7.41. The highest BCUT2D eigenvalue weighted by Crippen LogP contribution is 2.47. The van der Waals surface area contributed by atoms with E-state index in [0.29, 0.717) is 25.3 Å². The summed E-state index contributed by atoms with van der Waals surface area (Å²) in [5.74, 6) is 0.000771. The van der Waals surface area contributed by atoms with E-state index in [9.17, 15) is 10.1 Å². The standard InChI is InChI=1S/C19H24N2O3/c1-18(2)13-21(10-16(24-18)11-23-3)17(22)14-4-6-15(7-5-14)19(12-20)8-9-19/h4-7,16H,8-11,13H2,1-3H3/t16-/m1/s1. The summed E-state index contributed by atoms with van der Waals surface area (Å²) in [6.45, 7) is 5.52. The van der Waals surface area contributed by atoms with Crippen LogP contribution in [0.2, 0.25) is 0 Å². The van der Waals surface area contributed by atoms with E-state index in [2.05, 4.69) is 6.07 Å². The van der Waals surface area contributed by atoms with Crippen molar-refractivity contribution in [2.24, 2.45) is 0 Å². The Labute approximate surface area is 143 Å². The Hall–Kier alpha value is -1.90. The lowest BCUT2D eigenvalue weighted by Gasteiger charge is -2.42. The molecule has 0 unspecified atom stereocenters. The first-order valence-electron chi connectivity index (χ1n) is 8.37. The summed E-state index contributed by atoms with van der Waals surface area (Å²) in [5.41, 5.74) is 0.963. The van der Waals surface area contributed by atoms with E-state index >= 15 is 0 Å². The number of methoxy groups -OCH3 is 1. The number of nitrogens with zero attached hydrogens (tertiary/aromatic N) is 2. The fraction of sp³-hybridized carbons (Fsp3) is 0.579. The Kier molecular flexibility index (Phi) is 4.37. The van der Waals surface area contributed by atoms with Gasteiger partial charge in [0.15, 0.2) is 0 Å². The molecule has 1 atom stereocenters. The van der Waals surface area contributed by atoms with Gasteiger partial charge >= 0.3 is 0 Å². The van der Waals surface area contributed by atoms with E-state index < -0.39 is 5.60 Å². The predicted molar refractivity (Wildman–Crippen MR) is 89.7 cm³/mol. The molecule has 24 heavy (non-hydrogen) atoms. The highest BCUT2D eigenvalue weighted by atomic mass is 16.5. The smallest absolute Gasteiger partial charge is 0.254 e. The van der Waals surface area contributed by atoms with Gasteiger partial charge in [0.1, 0.15) is 0 Å². The number of ether oxygens (including phenoxy) is 2. The molecule has 0 spiro atoms. The zero-order valence-corrected chi connectivity index (χ0v) is 14.5. The number of rotatable bonds is 4. The van der Waals surface area contributed by atoms with Gasteiger partial charge in [0.05, 0.1) is 29.8 Å². The summed E-state index contributed by atoms with van der Waals surface area (Å²) in [6.07, 6.45) is 1.70. The molecule has 1 saturated carbocycles. The molecule has 1 aliphatic heterocycles. The fourth-order valence-corrected chi connectivity index (χ4v) is 3.43. The van der Waals surface area contributed by atoms with Crippen LogP contribution < -0.4 is 0 Å². The van der Waals surface area contributed by atoms with E-state index in [0.717, 1.165) is 18.4 Å². The summed E-state index contributed by atoms with van der Waals surface area (Å²) in [4.78, 5) is 14.7. The second kappa shape index (κ2) is 6.19. The molecule has 1 amide bonds. The Morgan fingerprint density at radius 3 is 2.58 bits per heavy atom. The van der Waals surface area contributed by atoms with E-state index in [-0.39, 0.29) is 17.4 Å². The molecule has 3 rings (SSSR count). The van der Waals surface area contributed by atoms with Gasteiger partial charge in [0.25, 0.3) is 5.91 Å². The van der Waals surface area contributed by atoms with E-state index in [4.69, 9.17) is 9.47 Å². The van der Waals surface area contributed by atoms with Crippen molar-refractivity contribution in [2.75, 3.05) is 26.8 Å². The first kappa shape index (κ1) is 16.9. The molecular formula is C19H24N2O3. The van der Waals surface area contributed by atoms with E-state index in [1.807, 2.05) is 43.0 Å². The summed E-state index contributed by atoms with van der Waals surface area (Å²) >= 11 is 0. The van der Waals surface area contributed by atoms with Gasteiger partial charge in [-0.25, -0.2) is 0 Å². The summed E-state index contributed by atoms with van der Waals surface area (Å²) in [7, 11) is 1.64. The molecule has 128 valence electrons. The first-order valence-corrected chi connectivity index (χ1v) is 8.37. The number of nitriles is 1. The van der Waals surface area contributed by atoms with Crippen LogP contribution in [0.3, 0.4) is 0 Å². The molecule has 1 saturated heterocycles. The third-order valence-electron chi connectivity index (χ3n) is 4.77. The number of hydrogen-bond acceptors (Lipinski definition) is 4. The molecule has 5 heteroatoms. The molecule has 2 fully saturated rings. The second-order valence-electron chi connectivity index (χ2n) is 7.41. The zero-order chi connectivity index (χ0) is 17.4. The highest BCUT2D eigenvalue weighted by Gasteiger charge is 2.44. The van der Waals surface area contributed by atoms with Crippen LogP contribution >= 0.6 is 0 Å². The summed E-state index contributed by atoms with van der Waals surface area (Å²) < 4.78 is 11.1. The molecule has 0 radical (unpaired) electrons. The molecule has 1 aromatic rings. The van der Waals surface area contributed by atoms with Crippen molar-refractivity contribution in [2.45, 2.75) is 43.8 Å². The average Bonchev–Trinajstić information content (AvgIpc) is 3.34. The van der Waals surface area contributed by atoms with Crippen molar-refractivity contribution in [1.29, 1.82) is 5.26 Å². The van der Waals surface area contributed by atoms with Gasteiger partial charge in [-0.1, -0.05) is 12.1 Å². The molecule has 0 N–H and O–H groups in total. The van der Waals surface area contributed by atoms with Crippen LogP contribution in [-0.4, -0.2) is 49.3 Å². The summed E-state index contributed by atoms with van der Waals surface area (Å²) in [5, 5.41) is 9.28. The minimum atomic E-state index is -0.393. The predicted octanol–water partition coefficient (Wildman–Crippen LogP) is 2.51. The molecule has 0 aromatic heterocycles. The van der Waals surface area contributed by atoms with E-state index in [1.54, 1.807) is 7.11 Å². The van der Waals surface area contributed by atoms with Crippen LogP contribution in [0.1, 0.15) is 42.6 Å². The lowest BCUT2D eigenvalue weighted by atomic mass is 9.96. The minimum absolute atomic E-state index is 0.000771. The highest BCUT2D eigenvalue weighted by molar-refractivity contribution is 5.94. The Balaban J connectivity index is 1.74. The maximum absolute atomic E-state index is 12.8. The van der Waals surface area contributed by atoms with Gasteiger partial charge < -0.3 is 14.4 Å². The molecule has 2 aliphatic rings. The van der Waals surface area contributed by atoms with Crippen LogP contribution in [0.5, 0.6) is 0 Å². The van der Waals surface area contributed by atoms with Crippen LogP contribution in [0.4, 0.5) is 0 Å². The fourth-order valence-electron chi connectivity index (χ4n) is 3.43. The molecule has 1 heterocycles. The Morgan fingerprint density at radius 2 is 2.04 bits per heavy atom. The lowest BCUT2D eigenvalue weighted by Crippen LogP contribution is -2.55. The van der Waals surface area contributed by atoms with E-state index in [1.165, 1.54) is 0 Å². The number of carbonyl (C=O) groups is 1.